The zero-order valence-corrected chi connectivity index (χ0v) is 13.1. The molecule has 0 bridgehead atoms. The number of benzene rings is 3. The molecule has 5 nitrogen and oxygen atoms in total. The summed E-state index contributed by atoms with van der Waals surface area (Å²) in [6, 6.07) is 19.2. The van der Waals surface area contributed by atoms with Gasteiger partial charge in [-0.25, -0.2) is 0 Å². The fraction of sp³-hybridized carbons (Fsp3) is 0.0526. The highest BCUT2D eigenvalue weighted by Crippen LogP contribution is 2.23. The van der Waals surface area contributed by atoms with Crippen molar-refractivity contribution in [1.82, 2.24) is 0 Å². The lowest BCUT2D eigenvalue weighted by molar-refractivity contribution is -0.134. The largest absolute Gasteiger partial charge is 0.508 e. The second kappa shape index (κ2) is 6.42. The van der Waals surface area contributed by atoms with Crippen LogP contribution >= 0.6 is 0 Å². The third-order valence-corrected chi connectivity index (χ3v) is 3.77. The highest BCUT2D eigenvalue weighted by molar-refractivity contribution is 6.44. The van der Waals surface area contributed by atoms with E-state index in [0.29, 0.717) is 11.4 Å². The Balaban J connectivity index is 1.81. The molecule has 120 valence electrons. The second-order valence-electron chi connectivity index (χ2n) is 5.36. The Bertz CT molecular complexity index is 899. The van der Waals surface area contributed by atoms with Crippen LogP contribution in [0.25, 0.3) is 10.8 Å². The molecular formula is C19H16N2O3. The first-order chi connectivity index (χ1) is 11.6. The Morgan fingerprint density at radius 1 is 0.917 bits per heavy atom. The number of rotatable bonds is 2. The van der Waals surface area contributed by atoms with Crippen LogP contribution in [0.2, 0.25) is 0 Å². The maximum absolute atomic E-state index is 12.3. The van der Waals surface area contributed by atoms with E-state index in [1.165, 1.54) is 24.1 Å². The number of carbonyl (C=O) groups excluding carboxylic acids is 2. The van der Waals surface area contributed by atoms with E-state index in [0.717, 1.165) is 10.8 Å². The molecule has 0 fully saturated rings. The zero-order valence-electron chi connectivity index (χ0n) is 13.1. The number of likely N-dealkylation sites (N-methyl/N-ethyl adjacent to an activating group) is 1. The molecule has 0 atom stereocenters. The van der Waals surface area contributed by atoms with Gasteiger partial charge < -0.3 is 15.3 Å². The van der Waals surface area contributed by atoms with Crippen molar-refractivity contribution in [3.63, 3.8) is 0 Å². The van der Waals surface area contributed by atoms with Crippen LogP contribution in [0.4, 0.5) is 11.4 Å². The van der Waals surface area contributed by atoms with Crippen molar-refractivity contribution in [3.05, 3.63) is 66.7 Å². The molecule has 0 saturated heterocycles. The standard InChI is InChI=1S/C19H16N2O3/c1-21(14-9-11-15(22)12-10-14)19(24)18(23)20-17-8-4-6-13-5-2-3-7-16(13)17/h2-12,22H,1H3,(H,20,23). The van der Waals surface area contributed by atoms with Gasteiger partial charge in [0.1, 0.15) is 5.75 Å². The lowest BCUT2D eigenvalue weighted by Crippen LogP contribution is -2.37. The molecule has 2 N–H and O–H groups in total. The van der Waals surface area contributed by atoms with Gasteiger partial charge in [0, 0.05) is 23.8 Å². The van der Waals surface area contributed by atoms with E-state index in [1.807, 2.05) is 36.4 Å². The summed E-state index contributed by atoms with van der Waals surface area (Å²) in [5, 5.41) is 13.8. The topological polar surface area (TPSA) is 69.6 Å². The number of aromatic hydroxyl groups is 1. The Hall–Kier alpha value is -3.34. The van der Waals surface area contributed by atoms with E-state index in [9.17, 15) is 14.7 Å². The molecule has 0 unspecified atom stereocenters. The average Bonchev–Trinajstić information content (AvgIpc) is 2.61. The van der Waals surface area contributed by atoms with Crippen LogP contribution in [0.15, 0.2) is 66.7 Å². The minimum Gasteiger partial charge on any atom is -0.508 e. The first-order valence-electron chi connectivity index (χ1n) is 7.42. The number of phenols is 1. The van der Waals surface area contributed by atoms with Crippen LogP contribution in [-0.2, 0) is 9.59 Å². The third kappa shape index (κ3) is 3.05. The van der Waals surface area contributed by atoms with Crippen LogP contribution in [0.5, 0.6) is 5.75 Å². The van der Waals surface area contributed by atoms with Gasteiger partial charge in [0.25, 0.3) is 0 Å². The molecule has 5 heteroatoms. The highest BCUT2D eigenvalue weighted by atomic mass is 16.3. The van der Waals surface area contributed by atoms with Gasteiger partial charge in [0.15, 0.2) is 0 Å². The minimum absolute atomic E-state index is 0.0970. The molecule has 0 saturated carbocycles. The van der Waals surface area contributed by atoms with E-state index in [4.69, 9.17) is 0 Å². The predicted molar refractivity (Wildman–Crippen MR) is 94.1 cm³/mol. The normalized spacial score (nSPS) is 10.4. The van der Waals surface area contributed by atoms with Gasteiger partial charge in [-0.15, -0.1) is 0 Å². The average molecular weight is 320 g/mol. The molecular weight excluding hydrogens is 304 g/mol. The van der Waals surface area contributed by atoms with Crippen molar-refractivity contribution >= 4 is 34.0 Å². The van der Waals surface area contributed by atoms with Crippen molar-refractivity contribution in [2.45, 2.75) is 0 Å². The first kappa shape index (κ1) is 15.6. The van der Waals surface area contributed by atoms with Crippen molar-refractivity contribution in [3.8, 4) is 5.75 Å². The van der Waals surface area contributed by atoms with Crippen molar-refractivity contribution in [1.29, 1.82) is 0 Å². The van der Waals surface area contributed by atoms with Gasteiger partial charge in [0.05, 0.1) is 0 Å². The van der Waals surface area contributed by atoms with Crippen LogP contribution in [0.1, 0.15) is 0 Å². The summed E-state index contributed by atoms with van der Waals surface area (Å²) in [6.45, 7) is 0. The van der Waals surface area contributed by atoms with Crippen molar-refractivity contribution in [2.75, 3.05) is 17.3 Å². The molecule has 0 radical (unpaired) electrons. The van der Waals surface area contributed by atoms with Gasteiger partial charge in [-0.2, -0.15) is 0 Å². The van der Waals surface area contributed by atoms with E-state index in [-0.39, 0.29) is 5.75 Å². The molecule has 0 aliphatic heterocycles. The second-order valence-corrected chi connectivity index (χ2v) is 5.36. The van der Waals surface area contributed by atoms with Crippen LogP contribution < -0.4 is 10.2 Å². The predicted octanol–water partition coefficient (Wildman–Crippen LogP) is 3.15. The monoisotopic (exact) mass is 320 g/mol. The SMILES string of the molecule is CN(C(=O)C(=O)Nc1cccc2ccccc12)c1ccc(O)cc1. The van der Waals surface area contributed by atoms with Crippen molar-refractivity contribution in [2.24, 2.45) is 0 Å². The fourth-order valence-corrected chi connectivity index (χ4v) is 2.46. The Kier molecular flexibility index (Phi) is 4.16. The van der Waals surface area contributed by atoms with E-state index in [1.54, 1.807) is 18.2 Å². The summed E-state index contributed by atoms with van der Waals surface area (Å²) in [7, 11) is 1.51. The first-order valence-corrected chi connectivity index (χ1v) is 7.42. The van der Waals surface area contributed by atoms with E-state index >= 15 is 0 Å². The smallest absolute Gasteiger partial charge is 0.316 e. The molecule has 3 aromatic carbocycles. The number of fused-ring (bicyclic) bond motifs is 1. The van der Waals surface area contributed by atoms with Gasteiger partial charge >= 0.3 is 11.8 Å². The zero-order chi connectivity index (χ0) is 17.1. The number of nitrogens with zero attached hydrogens (tertiary/aromatic N) is 1. The summed E-state index contributed by atoms with van der Waals surface area (Å²) in [4.78, 5) is 25.8. The molecule has 0 aromatic heterocycles. The van der Waals surface area contributed by atoms with Gasteiger partial charge in [-0.3, -0.25) is 9.59 Å². The number of phenolic OH excluding ortho intramolecular Hbond substituents is 1. The molecule has 0 aliphatic rings. The summed E-state index contributed by atoms with van der Waals surface area (Å²) < 4.78 is 0. The quantitative estimate of drug-likeness (QED) is 0.713. The van der Waals surface area contributed by atoms with Gasteiger partial charge in [-0.05, 0) is 35.7 Å². The Labute approximate surface area is 139 Å². The van der Waals surface area contributed by atoms with E-state index < -0.39 is 11.8 Å². The summed E-state index contributed by atoms with van der Waals surface area (Å²) >= 11 is 0. The lowest BCUT2D eigenvalue weighted by atomic mass is 10.1. The number of hydrogen-bond donors (Lipinski definition) is 2. The molecule has 0 spiro atoms. The van der Waals surface area contributed by atoms with Gasteiger partial charge in [-0.1, -0.05) is 36.4 Å². The summed E-state index contributed by atoms with van der Waals surface area (Å²) in [5.74, 6) is -1.31. The molecule has 24 heavy (non-hydrogen) atoms. The van der Waals surface area contributed by atoms with Crippen LogP contribution in [0, 0.1) is 0 Å². The minimum atomic E-state index is -0.720. The Morgan fingerprint density at radius 3 is 2.33 bits per heavy atom. The summed E-state index contributed by atoms with van der Waals surface area (Å²) in [6.07, 6.45) is 0. The number of anilines is 2. The maximum atomic E-state index is 12.3. The fourth-order valence-electron chi connectivity index (χ4n) is 2.46. The highest BCUT2D eigenvalue weighted by Gasteiger charge is 2.20. The van der Waals surface area contributed by atoms with Crippen molar-refractivity contribution < 1.29 is 14.7 Å². The molecule has 3 rings (SSSR count). The number of amides is 2. The summed E-state index contributed by atoms with van der Waals surface area (Å²) in [5.41, 5.74) is 1.11. The molecule has 0 aliphatic carbocycles. The van der Waals surface area contributed by atoms with E-state index in [2.05, 4.69) is 5.32 Å². The number of hydrogen-bond acceptors (Lipinski definition) is 3. The third-order valence-electron chi connectivity index (χ3n) is 3.77. The Morgan fingerprint density at radius 2 is 1.58 bits per heavy atom. The number of carbonyl (C=O) groups is 2. The molecule has 0 heterocycles. The number of nitrogens with one attached hydrogen (secondary N) is 1. The maximum Gasteiger partial charge on any atom is 0.316 e. The van der Waals surface area contributed by atoms with Gasteiger partial charge in [0.2, 0.25) is 0 Å². The molecule has 3 aromatic rings. The van der Waals surface area contributed by atoms with Crippen LogP contribution in [-0.4, -0.2) is 24.0 Å². The lowest BCUT2D eigenvalue weighted by Gasteiger charge is -2.17. The molecule has 2 amide bonds. The van der Waals surface area contributed by atoms with Crippen LogP contribution in [0.3, 0.4) is 0 Å².